The Morgan fingerprint density at radius 1 is 0.906 bits per heavy atom. The molecule has 1 fully saturated rings. The summed E-state index contributed by atoms with van der Waals surface area (Å²) in [4.78, 5) is 11.7. The summed E-state index contributed by atoms with van der Waals surface area (Å²) in [5, 5.41) is 24.6. The van der Waals surface area contributed by atoms with E-state index >= 15 is 0 Å². The Balaban J connectivity index is 1.61. The molecule has 3 aromatic carbocycles. The number of aliphatic hydroxyl groups is 1. The minimum Gasteiger partial charge on any atom is -0.508 e. The van der Waals surface area contributed by atoms with Crippen LogP contribution in [0.5, 0.6) is 5.75 Å². The van der Waals surface area contributed by atoms with Crippen molar-refractivity contribution < 1.29 is 10.2 Å². The molecule has 1 heterocycles. The summed E-state index contributed by atoms with van der Waals surface area (Å²) in [6.07, 6.45) is 4.79. The summed E-state index contributed by atoms with van der Waals surface area (Å²) < 4.78 is 0. The van der Waals surface area contributed by atoms with Gasteiger partial charge in [0.05, 0.1) is 12.1 Å². The van der Waals surface area contributed by atoms with Crippen LogP contribution in [-0.2, 0) is 6.61 Å². The number of para-hydroxylation sites is 1. The van der Waals surface area contributed by atoms with Crippen LogP contribution in [-0.4, -0.2) is 26.2 Å². The fraction of sp³-hybridized carbons (Fsp3) is 0.231. The fourth-order valence-corrected chi connectivity index (χ4v) is 5.25. The number of fused-ring (bicyclic) bond motifs is 1. The Morgan fingerprint density at radius 2 is 1.69 bits per heavy atom. The second kappa shape index (κ2) is 9.18. The predicted octanol–water partition coefficient (Wildman–Crippen LogP) is 6.00. The molecular formula is C26H25N3O2S. The summed E-state index contributed by atoms with van der Waals surface area (Å²) in [5.74, 6) is 1.58. The van der Waals surface area contributed by atoms with E-state index in [2.05, 4.69) is 5.32 Å². The van der Waals surface area contributed by atoms with E-state index in [4.69, 9.17) is 9.97 Å². The van der Waals surface area contributed by atoms with Crippen LogP contribution < -0.4 is 5.32 Å². The number of aromatic nitrogens is 2. The third-order valence-corrected chi connectivity index (χ3v) is 7.06. The first-order chi connectivity index (χ1) is 15.7. The third-order valence-electron chi connectivity index (χ3n) is 5.87. The van der Waals surface area contributed by atoms with E-state index in [0.29, 0.717) is 11.9 Å². The number of hydrogen-bond donors (Lipinski definition) is 3. The topological polar surface area (TPSA) is 78.3 Å². The van der Waals surface area contributed by atoms with Gasteiger partial charge in [-0.05, 0) is 54.8 Å². The molecule has 1 aliphatic carbocycles. The molecule has 0 bridgehead atoms. The van der Waals surface area contributed by atoms with Gasteiger partial charge in [0.15, 0.2) is 5.82 Å². The van der Waals surface area contributed by atoms with Crippen LogP contribution in [0.4, 0.5) is 5.82 Å². The normalized spacial score (nSPS) is 14.2. The molecule has 5 rings (SSSR count). The molecule has 1 aromatic heterocycles. The number of nitrogens with one attached hydrogen (secondary N) is 1. The molecule has 1 saturated carbocycles. The average Bonchev–Trinajstić information content (AvgIpc) is 3.33. The Morgan fingerprint density at radius 3 is 2.53 bits per heavy atom. The molecule has 0 spiro atoms. The Labute approximate surface area is 191 Å². The SMILES string of the molecule is OCc1ccccc1Sc1ccc(O)cc1-c1nc(NC2CCCC2)c2ccccc2n1. The molecule has 5 nitrogen and oxygen atoms in total. The van der Waals surface area contributed by atoms with Crippen molar-refractivity contribution >= 4 is 28.5 Å². The van der Waals surface area contributed by atoms with Crippen molar-refractivity contribution in [2.75, 3.05) is 5.32 Å². The van der Waals surface area contributed by atoms with Crippen molar-refractivity contribution in [2.45, 2.75) is 48.1 Å². The van der Waals surface area contributed by atoms with Crippen molar-refractivity contribution in [3.05, 3.63) is 72.3 Å². The molecular weight excluding hydrogens is 418 g/mol. The highest BCUT2D eigenvalue weighted by atomic mass is 32.2. The molecule has 0 aliphatic heterocycles. The zero-order valence-electron chi connectivity index (χ0n) is 17.7. The van der Waals surface area contributed by atoms with Gasteiger partial charge in [0.25, 0.3) is 0 Å². The van der Waals surface area contributed by atoms with Crippen LogP contribution in [0, 0.1) is 0 Å². The van der Waals surface area contributed by atoms with Crippen LogP contribution in [0.2, 0.25) is 0 Å². The molecule has 162 valence electrons. The summed E-state index contributed by atoms with van der Waals surface area (Å²) in [6.45, 7) is -0.0292. The Kier molecular flexibility index (Phi) is 5.97. The van der Waals surface area contributed by atoms with Gasteiger partial charge in [-0.2, -0.15) is 0 Å². The fourth-order valence-electron chi connectivity index (χ4n) is 4.20. The minimum absolute atomic E-state index is 0.0292. The van der Waals surface area contributed by atoms with Crippen molar-refractivity contribution in [3.8, 4) is 17.1 Å². The lowest BCUT2D eigenvalue weighted by atomic mass is 10.1. The van der Waals surface area contributed by atoms with E-state index in [0.717, 1.165) is 50.5 Å². The molecule has 6 heteroatoms. The van der Waals surface area contributed by atoms with Crippen LogP contribution in [0.1, 0.15) is 31.2 Å². The lowest BCUT2D eigenvalue weighted by Gasteiger charge is -2.17. The van der Waals surface area contributed by atoms with E-state index in [1.54, 1.807) is 23.9 Å². The van der Waals surface area contributed by atoms with E-state index in [1.165, 1.54) is 12.8 Å². The molecule has 1 aliphatic rings. The molecule has 0 unspecified atom stereocenters. The zero-order chi connectivity index (χ0) is 21.9. The number of phenolic OH excluding ortho intramolecular Hbond substituents is 1. The van der Waals surface area contributed by atoms with Crippen molar-refractivity contribution in [1.29, 1.82) is 0 Å². The molecule has 3 N–H and O–H groups in total. The maximum absolute atomic E-state index is 10.3. The van der Waals surface area contributed by atoms with Gasteiger partial charge in [-0.25, -0.2) is 9.97 Å². The average molecular weight is 444 g/mol. The smallest absolute Gasteiger partial charge is 0.163 e. The van der Waals surface area contributed by atoms with E-state index in [9.17, 15) is 10.2 Å². The van der Waals surface area contributed by atoms with Crippen LogP contribution in [0.15, 0.2) is 76.5 Å². The molecule has 0 saturated heterocycles. The van der Waals surface area contributed by atoms with Gasteiger partial charge in [0.2, 0.25) is 0 Å². The van der Waals surface area contributed by atoms with Crippen LogP contribution in [0.3, 0.4) is 0 Å². The second-order valence-electron chi connectivity index (χ2n) is 8.09. The molecule has 0 atom stereocenters. The zero-order valence-corrected chi connectivity index (χ0v) is 18.5. The summed E-state index contributed by atoms with van der Waals surface area (Å²) in [7, 11) is 0. The summed E-state index contributed by atoms with van der Waals surface area (Å²) in [5.41, 5.74) is 2.50. The van der Waals surface area contributed by atoms with E-state index < -0.39 is 0 Å². The standard InChI is InChI=1S/C26H25N3O2S/c30-16-17-7-1-6-12-23(17)32-24-14-13-19(31)15-21(24)26-28-22-11-5-4-10-20(22)25(29-26)27-18-8-2-3-9-18/h1,4-7,10-15,18,30-31H,2-3,8-9,16H2,(H,27,28,29). The van der Waals surface area contributed by atoms with E-state index in [-0.39, 0.29) is 12.4 Å². The molecule has 32 heavy (non-hydrogen) atoms. The number of rotatable bonds is 6. The third kappa shape index (κ3) is 4.29. The van der Waals surface area contributed by atoms with Gasteiger partial charge in [0, 0.05) is 26.8 Å². The largest absolute Gasteiger partial charge is 0.508 e. The maximum atomic E-state index is 10.3. The van der Waals surface area contributed by atoms with E-state index in [1.807, 2.05) is 54.6 Å². The predicted molar refractivity (Wildman–Crippen MR) is 129 cm³/mol. The number of nitrogens with zero attached hydrogens (tertiary/aromatic N) is 2. The van der Waals surface area contributed by atoms with Crippen molar-refractivity contribution in [3.63, 3.8) is 0 Å². The molecule has 0 amide bonds. The molecule has 4 aromatic rings. The number of anilines is 1. The highest BCUT2D eigenvalue weighted by molar-refractivity contribution is 7.99. The van der Waals surface area contributed by atoms with Gasteiger partial charge in [-0.15, -0.1) is 0 Å². The number of hydrogen-bond acceptors (Lipinski definition) is 6. The first-order valence-electron chi connectivity index (χ1n) is 10.9. The number of benzene rings is 3. The first-order valence-corrected chi connectivity index (χ1v) is 11.8. The lowest BCUT2D eigenvalue weighted by molar-refractivity contribution is 0.279. The van der Waals surface area contributed by atoms with Gasteiger partial charge in [-0.1, -0.05) is 54.9 Å². The highest BCUT2D eigenvalue weighted by Gasteiger charge is 2.19. The summed E-state index contributed by atoms with van der Waals surface area (Å²) in [6, 6.07) is 21.5. The second-order valence-corrected chi connectivity index (χ2v) is 9.17. The van der Waals surface area contributed by atoms with Crippen LogP contribution in [0.25, 0.3) is 22.3 Å². The summed E-state index contributed by atoms with van der Waals surface area (Å²) >= 11 is 1.54. The minimum atomic E-state index is -0.0292. The maximum Gasteiger partial charge on any atom is 0.163 e. The number of phenols is 1. The van der Waals surface area contributed by atoms with Crippen molar-refractivity contribution in [2.24, 2.45) is 0 Å². The van der Waals surface area contributed by atoms with Gasteiger partial charge in [-0.3, -0.25) is 0 Å². The Bertz CT molecular complexity index is 1260. The first kappa shape index (κ1) is 20.8. The number of aromatic hydroxyl groups is 1. The Hall–Kier alpha value is -3.09. The number of aliphatic hydroxyl groups excluding tert-OH is 1. The quantitative estimate of drug-likeness (QED) is 0.339. The van der Waals surface area contributed by atoms with Gasteiger partial charge in [0.1, 0.15) is 11.6 Å². The monoisotopic (exact) mass is 443 g/mol. The lowest BCUT2D eigenvalue weighted by Crippen LogP contribution is -2.16. The highest BCUT2D eigenvalue weighted by Crippen LogP contribution is 2.39. The molecule has 0 radical (unpaired) electrons. The van der Waals surface area contributed by atoms with Gasteiger partial charge < -0.3 is 15.5 Å². The van der Waals surface area contributed by atoms with Crippen molar-refractivity contribution in [1.82, 2.24) is 9.97 Å². The van der Waals surface area contributed by atoms with Gasteiger partial charge >= 0.3 is 0 Å². The van der Waals surface area contributed by atoms with Crippen LogP contribution >= 0.6 is 11.8 Å².